The Labute approximate surface area is 203 Å². The maximum Gasteiger partial charge on any atom is 0.416 e. The summed E-state index contributed by atoms with van der Waals surface area (Å²) in [6.07, 6.45) is -9.01. The quantitative estimate of drug-likeness (QED) is 0.272. The van der Waals surface area contributed by atoms with Crippen molar-refractivity contribution in [3.8, 4) is 11.1 Å². The Balaban J connectivity index is 1.78. The Bertz CT molecular complexity index is 1410. The molecule has 0 aliphatic heterocycles. The van der Waals surface area contributed by atoms with E-state index < -0.39 is 35.8 Å². The lowest BCUT2D eigenvalue weighted by molar-refractivity contribution is -0.143. The van der Waals surface area contributed by atoms with Crippen LogP contribution in [0.5, 0.6) is 0 Å². The second-order valence-electron chi connectivity index (χ2n) is 8.39. The molecule has 186 valence electrons. The highest BCUT2D eigenvalue weighted by Gasteiger charge is 2.37. The number of pyridine rings is 1. The summed E-state index contributed by atoms with van der Waals surface area (Å²) < 4.78 is 79.5. The van der Waals surface area contributed by atoms with Crippen LogP contribution in [0.15, 0.2) is 72.9 Å². The average molecular weight is 502 g/mol. The molecule has 0 N–H and O–H groups in total. The topological polar surface area (TPSA) is 33.2 Å². The number of hydrogen-bond acceptors (Lipinski definition) is 2. The van der Waals surface area contributed by atoms with Crippen LogP contribution in [0.2, 0.25) is 0 Å². The van der Waals surface area contributed by atoms with Crippen molar-refractivity contribution in [2.45, 2.75) is 25.7 Å². The maximum absolute atomic E-state index is 13.3. The molecular weight excluding hydrogens is 482 g/mol. The third-order valence-corrected chi connectivity index (χ3v) is 5.92. The molecule has 1 amide bonds. The van der Waals surface area contributed by atoms with Crippen LogP contribution in [0.1, 0.15) is 22.3 Å². The third-order valence-electron chi connectivity index (χ3n) is 5.92. The summed E-state index contributed by atoms with van der Waals surface area (Å²) in [6.45, 7) is 1.90. The normalized spacial score (nSPS) is 12.1. The van der Waals surface area contributed by atoms with Gasteiger partial charge in [-0.25, -0.2) is 0 Å². The number of carbonyl (C=O) groups is 1. The number of benzene rings is 3. The highest BCUT2D eigenvalue weighted by Crippen LogP contribution is 2.39. The van der Waals surface area contributed by atoms with Crippen molar-refractivity contribution in [2.24, 2.45) is 0 Å². The minimum atomic E-state index is -4.99. The standard InChI is InChI=1S/C27H20F6N2O/c1-16-6-3-4-7-20(16)25-21-8-5-11-34-22(21)9-10-23(25)35(2)24(36)14-17-12-18(26(28,29)30)15-19(13-17)27(31,32)33/h3-13,15H,14H2,1-2H3. The summed E-state index contributed by atoms with van der Waals surface area (Å²) in [5.41, 5.74) is 0.266. The second kappa shape index (κ2) is 9.29. The molecule has 0 bridgehead atoms. The average Bonchev–Trinajstić information content (AvgIpc) is 2.82. The minimum absolute atomic E-state index is 0.0459. The number of fused-ring (bicyclic) bond motifs is 1. The number of nitrogens with zero attached hydrogens (tertiary/aromatic N) is 2. The predicted octanol–water partition coefficient (Wildman–Crippen LogP) is 7.45. The van der Waals surface area contributed by atoms with E-state index in [0.29, 0.717) is 28.9 Å². The summed E-state index contributed by atoms with van der Waals surface area (Å²) in [5.74, 6) is -0.666. The first-order valence-corrected chi connectivity index (χ1v) is 10.8. The molecule has 4 rings (SSSR count). The molecule has 36 heavy (non-hydrogen) atoms. The Kier molecular flexibility index (Phi) is 6.51. The molecule has 0 atom stereocenters. The van der Waals surface area contributed by atoms with Gasteiger partial charge >= 0.3 is 12.4 Å². The summed E-state index contributed by atoms with van der Waals surface area (Å²) >= 11 is 0. The number of likely N-dealkylation sites (N-methyl/N-ethyl adjacent to an activating group) is 1. The van der Waals surface area contributed by atoms with Crippen molar-refractivity contribution in [3.05, 3.63) is 95.2 Å². The smallest absolute Gasteiger partial charge is 0.315 e. The van der Waals surface area contributed by atoms with Crippen LogP contribution in [0.4, 0.5) is 32.0 Å². The number of anilines is 1. The highest BCUT2D eigenvalue weighted by atomic mass is 19.4. The Morgan fingerprint density at radius 1 is 0.861 bits per heavy atom. The van der Waals surface area contributed by atoms with Gasteiger partial charge in [0, 0.05) is 24.2 Å². The Morgan fingerprint density at radius 3 is 2.11 bits per heavy atom. The molecule has 0 unspecified atom stereocenters. The minimum Gasteiger partial charge on any atom is -0.315 e. The van der Waals surface area contributed by atoms with Crippen molar-refractivity contribution >= 4 is 22.5 Å². The zero-order valence-corrected chi connectivity index (χ0v) is 19.2. The van der Waals surface area contributed by atoms with Crippen LogP contribution in [0, 0.1) is 6.92 Å². The lowest BCUT2D eigenvalue weighted by Crippen LogP contribution is -2.28. The lowest BCUT2D eigenvalue weighted by Gasteiger charge is -2.23. The predicted molar refractivity (Wildman–Crippen MR) is 125 cm³/mol. The summed E-state index contributed by atoms with van der Waals surface area (Å²) in [7, 11) is 1.44. The van der Waals surface area contributed by atoms with Gasteiger partial charge in [-0.1, -0.05) is 30.3 Å². The van der Waals surface area contributed by atoms with E-state index in [-0.39, 0.29) is 11.6 Å². The maximum atomic E-state index is 13.3. The number of aromatic nitrogens is 1. The van der Waals surface area contributed by atoms with E-state index >= 15 is 0 Å². The number of halogens is 6. The van der Waals surface area contributed by atoms with Crippen molar-refractivity contribution in [2.75, 3.05) is 11.9 Å². The molecule has 0 spiro atoms. The Hall–Kier alpha value is -3.88. The number of alkyl halides is 6. The highest BCUT2D eigenvalue weighted by molar-refractivity contribution is 6.07. The molecule has 1 aromatic heterocycles. The van der Waals surface area contributed by atoms with Gasteiger partial charge in [0.15, 0.2) is 0 Å². The van der Waals surface area contributed by atoms with Crippen LogP contribution >= 0.6 is 0 Å². The fourth-order valence-corrected chi connectivity index (χ4v) is 4.11. The fraction of sp³-hybridized carbons (Fsp3) is 0.185. The summed E-state index contributed by atoms with van der Waals surface area (Å²) in [4.78, 5) is 18.8. The van der Waals surface area contributed by atoms with Gasteiger partial charge in [-0.15, -0.1) is 0 Å². The number of aryl methyl sites for hydroxylation is 1. The lowest BCUT2D eigenvalue weighted by atomic mass is 9.94. The first kappa shape index (κ1) is 25.2. The monoisotopic (exact) mass is 502 g/mol. The molecule has 3 aromatic carbocycles. The van der Waals surface area contributed by atoms with Crippen LogP contribution in [-0.2, 0) is 23.6 Å². The first-order chi connectivity index (χ1) is 16.9. The molecule has 0 aliphatic rings. The molecule has 0 fully saturated rings. The molecular formula is C27H20F6N2O. The molecule has 0 saturated carbocycles. The molecule has 1 heterocycles. The number of rotatable bonds is 4. The zero-order valence-electron chi connectivity index (χ0n) is 19.2. The SMILES string of the molecule is Cc1ccccc1-c1c(N(C)C(=O)Cc2cc(C(F)(F)F)cc(C(F)(F)F)c2)ccc2ncccc12. The van der Waals surface area contributed by atoms with E-state index in [1.165, 1.54) is 11.9 Å². The van der Waals surface area contributed by atoms with Crippen LogP contribution in [-0.4, -0.2) is 17.9 Å². The van der Waals surface area contributed by atoms with E-state index in [4.69, 9.17) is 0 Å². The molecule has 0 saturated heterocycles. The number of hydrogen-bond donors (Lipinski definition) is 0. The van der Waals surface area contributed by atoms with Crippen LogP contribution in [0.25, 0.3) is 22.0 Å². The molecule has 4 aromatic rings. The number of carbonyl (C=O) groups excluding carboxylic acids is 1. The van der Waals surface area contributed by atoms with Gasteiger partial charge < -0.3 is 4.90 Å². The fourth-order valence-electron chi connectivity index (χ4n) is 4.11. The summed E-state index contributed by atoms with van der Waals surface area (Å²) in [6, 6.07) is 15.6. The summed E-state index contributed by atoms with van der Waals surface area (Å²) in [5, 5.41) is 0.752. The van der Waals surface area contributed by atoms with E-state index in [0.717, 1.165) is 16.5 Å². The third kappa shape index (κ3) is 5.05. The van der Waals surface area contributed by atoms with Gasteiger partial charge in [-0.3, -0.25) is 9.78 Å². The van der Waals surface area contributed by atoms with Crippen molar-refractivity contribution in [1.82, 2.24) is 4.98 Å². The molecule has 0 aliphatic carbocycles. The van der Waals surface area contributed by atoms with E-state index in [1.54, 1.807) is 24.4 Å². The van der Waals surface area contributed by atoms with Crippen LogP contribution in [0.3, 0.4) is 0 Å². The van der Waals surface area contributed by atoms with Gasteiger partial charge in [-0.2, -0.15) is 26.3 Å². The van der Waals surface area contributed by atoms with Gasteiger partial charge in [-0.05, 0) is 60.0 Å². The van der Waals surface area contributed by atoms with Crippen molar-refractivity contribution in [1.29, 1.82) is 0 Å². The van der Waals surface area contributed by atoms with Crippen molar-refractivity contribution in [3.63, 3.8) is 0 Å². The molecule has 9 heteroatoms. The van der Waals surface area contributed by atoms with E-state index in [9.17, 15) is 31.1 Å². The zero-order chi connectivity index (χ0) is 26.3. The van der Waals surface area contributed by atoms with Gasteiger partial charge in [0.2, 0.25) is 5.91 Å². The number of amides is 1. The Morgan fingerprint density at radius 2 is 1.50 bits per heavy atom. The van der Waals surface area contributed by atoms with Crippen molar-refractivity contribution < 1.29 is 31.1 Å². The largest absolute Gasteiger partial charge is 0.416 e. The van der Waals surface area contributed by atoms with E-state index in [2.05, 4.69) is 4.98 Å². The molecule has 3 nitrogen and oxygen atoms in total. The van der Waals surface area contributed by atoms with Gasteiger partial charge in [0.05, 0.1) is 28.8 Å². The molecule has 0 radical (unpaired) electrons. The van der Waals surface area contributed by atoms with E-state index in [1.807, 2.05) is 37.3 Å². The van der Waals surface area contributed by atoms with Crippen LogP contribution < -0.4 is 4.90 Å². The van der Waals surface area contributed by atoms with Gasteiger partial charge in [0.1, 0.15) is 0 Å². The first-order valence-electron chi connectivity index (χ1n) is 10.8. The van der Waals surface area contributed by atoms with Gasteiger partial charge in [0.25, 0.3) is 0 Å². The second-order valence-corrected chi connectivity index (χ2v) is 8.39.